The quantitative estimate of drug-likeness (QED) is 0.533. The van der Waals surface area contributed by atoms with Crippen LogP contribution in [-0.4, -0.2) is 12.1 Å². The summed E-state index contributed by atoms with van der Waals surface area (Å²) < 4.78 is 16.7. The molecule has 1 atom stereocenters. The van der Waals surface area contributed by atoms with Gasteiger partial charge in [-0.05, 0) is 63.2 Å². The average molecular weight is 281 g/mol. The molecular formula is C12H21NNaO3P. The van der Waals surface area contributed by atoms with Crippen LogP contribution < -0.4 is 39.5 Å². The summed E-state index contributed by atoms with van der Waals surface area (Å²) in [5.74, 6) is 2.24. The van der Waals surface area contributed by atoms with E-state index < -0.39 is 7.75 Å². The van der Waals surface area contributed by atoms with Crippen LogP contribution in [0.1, 0.15) is 45.4 Å². The maximum atomic E-state index is 11.8. The van der Waals surface area contributed by atoms with Crippen molar-refractivity contribution < 1.29 is 43.5 Å². The van der Waals surface area contributed by atoms with Gasteiger partial charge in [-0.2, -0.15) is 0 Å². The van der Waals surface area contributed by atoms with Gasteiger partial charge >= 0.3 is 29.6 Å². The summed E-state index contributed by atoms with van der Waals surface area (Å²) in [7, 11) is -3.84. The molecule has 4 fully saturated rings. The van der Waals surface area contributed by atoms with E-state index in [0.29, 0.717) is 0 Å². The van der Waals surface area contributed by atoms with E-state index in [0.717, 1.165) is 37.0 Å². The smallest absolute Gasteiger partial charge is 0.766 e. The summed E-state index contributed by atoms with van der Waals surface area (Å²) in [5.41, 5.74) is -0.165. The maximum Gasteiger partial charge on any atom is 1.00 e. The Labute approximate surface area is 131 Å². The summed E-state index contributed by atoms with van der Waals surface area (Å²) in [6.07, 6.45) is 7.03. The largest absolute Gasteiger partial charge is 1.00 e. The summed E-state index contributed by atoms with van der Waals surface area (Å²) >= 11 is 0. The molecule has 0 amide bonds. The number of hydrogen-bond acceptors (Lipinski definition) is 3. The molecule has 0 aromatic carbocycles. The molecule has 0 aliphatic heterocycles. The third-order valence-electron chi connectivity index (χ3n) is 4.71. The van der Waals surface area contributed by atoms with Gasteiger partial charge in [-0.15, -0.1) is 0 Å². The molecule has 1 N–H and O–H groups in total. The molecule has 4 nitrogen and oxygen atoms in total. The topological polar surface area (TPSA) is 61.4 Å². The molecule has 1 unspecified atom stereocenters. The van der Waals surface area contributed by atoms with Crippen LogP contribution in [0.5, 0.6) is 0 Å². The van der Waals surface area contributed by atoms with E-state index in [1.807, 2.05) is 0 Å². The van der Waals surface area contributed by atoms with E-state index in [4.69, 9.17) is 4.52 Å². The van der Waals surface area contributed by atoms with E-state index in [2.05, 4.69) is 5.09 Å². The van der Waals surface area contributed by atoms with Gasteiger partial charge in [-0.3, -0.25) is 9.65 Å². The molecule has 0 aromatic heterocycles. The van der Waals surface area contributed by atoms with E-state index in [9.17, 15) is 9.46 Å². The fourth-order valence-corrected chi connectivity index (χ4v) is 6.00. The molecule has 0 spiro atoms. The predicted octanol–water partition coefficient (Wildman–Crippen LogP) is -0.946. The normalized spacial score (nSPS) is 44.4. The minimum Gasteiger partial charge on any atom is -0.766 e. The Morgan fingerprint density at radius 2 is 1.67 bits per heavy atom. The Morgan fingerprint density at radius 3 is 2.06 bits per heavy atom. The standard InChI is InChI=1S/C12H22NO3P.Na/c1-2-16-17(14,15)13-12-6-9-3-10(7-12)5-11(4-9)8-12;/h9-11H,2-8H2,1H3,(H2,13,14,15);/q;+1/p-1. The van der Waals surface area contributed by atoms with Gasteiger partial charge in [0.1, 0.15) is 0 Å². The van der Waals surface area contributed by atoms with Gasteiger partial charge in [-0.25, -0.2) is 0 Å². The first kappa shape index (κ1) is 15.5. The first-order valence-corrected chi connectivity index (χ1v) is 8.29. The Bertz CT molecular complexity index is 328. The van der Waals surface area contributed by atoms with Crippen LogP contribution in [0.15, 0.2) is 0 Å². The zero-order chi connectivity index (χ0) is 12.1. The molecule has 4 aliphatic rings. The Kier molecular flexibility index (Phi) is 4.72. The minimum atomic E-state index is -3.84. The van der Waals surface area contributed by atoms with Crippen LogP contribution >= 0.6 is 7.75 Å². The molecule has 18 heavy (non-hydrogen) atoms. The van der Waals surface area contributed by atoms with Crippen molar-refractivity contribution >= 4 is 7.75 Å². The van der Waals surface area contributed by atoms with Gasteiger partial charge in [0.2, 0.25) is 7.75 Å². The van der Waals surface area contributed by atoms with Crippen LogP contribution in [0.25, 0.3) is 0 Å². The van der Waals surface area contributed by atoms with Crippen LogP contribution in [0.4, 0.5) is 0 Å². The monoisotopic (exact) mass is 281 g/mol. The summed E-state index contributed by atoms with van der Waals surface area (Å²) in [6.45, 7) is 1.94. The molecule has 0 radical (unpaired) electrons. The molecule has 4 rings (SSSR count). The molecule has 4 saturated carbocycles. The van der Waals surface area contributed by atoms with Crippen molar-refractivity contribution in [1.82, 2.24) is 5.09 Å². The molecule has 0 aromatic rings. The van der Waals surface area contributed by atoms with Crippen LogP contribution in [0.3, 0.4) is 0 Å². The Balaban J connectivity index is 0.00000120. The SMILES string of the molecule is CCOP(=O)([O-])NC12CC3CC(CC(C3)C1)C2.[Na+]. The van der Waals surface area contributed by atoms with Crippen molar-refractivity contribution in [1.29, 1.82) is 0 Å². The second kappa shape index (κ2) is 5.48. The van der Waals surface area contributed by atoms with Gasteiger partial charge < -0.3 is 9.42 Å². The zero-order valence-corrected chi connectivity index (χ0v) is 14.2. The molecule has 98 valence electrons. The fraction of sp³-hybridized carbons (Fsp3) is 1.00. The molecule has 0 saturated heterocycles. The predicted molar refractivity (Wildman–Crippen MR) is 63.3 cm³/mol. The van der Waals surface area contributed by atoms with E-state index in [1.165, 1.54) is 19.3 Å². The van der Waals surface area contributed by atoms with Crippen molar-refractivity contribution in [3.05, 3.63) is 0 Å². The first-order chi connectivity index (χ1) is 8.00. The van der Waals surface area contributed by atoms with Gasteiger partial charge in [0.05, 0.1) is 6.61 Å². The molecule has 0 heterocycles. The number of hydrogen-bond donors (Lipinski definition) is 1. The molecule has 6 heteroatoms. The third-order valence-corrected chi connectivity index (χ3v) is 6.06. The second-order valence-electron chi connectivity index (χ2n) is 6.22. The van der Waals surface area contributed by atoms with Gasteiger partial charge in [0, 0.05) is 5.54 Å². The van der Waals surface area contributed by atoms with Crippen molar-refractivity contribution in [3.8, 4) is 0 Å². The summed E-state index contributed by atoms with van der Waals surface area (Å²) in [5, 5.41) is 2.88. The van der Waals surface area contributed by atoms with Gasteiger partial charge in [0.15, 0.2) is 0 Å². The first-order valence-electron chi connectivity index (χ1n) is 6.75. The van der Waals surface area contributed by atoms with Crippen molar-refractivity contribution in [2.24, 2.45) is 17.8 Å². The van der Waals surface area contributed by atoms with Crippen LogP contribution in [-0.2, 0) is 9.09 Å². The number of nitrogens with one attached hydrogen (secondary N) is 1. The van der Waals surface area contributed by atoms with Gasteiger partial charge in [-0.1, -0.05) is 0 Å². The van der Waals surface area contributed by atoms with Crippen molar-refractivity contribution in [2.75, 3.05) is 6.61 Å². The van der Waals surface area contributed by atoms with E-state index in [1.54, 1.807) is 6.92 Å². The maximum absolute atomic E-state index is 11.8. The van der Waals surface area contributed by atoms with Crippen LogP contribution in [0, 0.1) is 17.8 Å². The average Bonchev–Trinajstić information content (AvgIpc) is 2.11. The van der Waals surface area contributed by atoms with E-state index in [-0.39, 0.29) is 41.7 Å². The Hall–Kier alpha value is 1.11. The third kappa shape index (κ3) is 3.06. The summed E-state index contributed by atoms with van der Waals surface area (Å²) in [6, 6.07) is 0. The molecule has 4 bridgehead atoms. The zero-order valence-electron chi connectivity index (χ0n) is 11.4. The molecular weight excluding hydrogens is 260 g/mol. The van der Waals surface area contributed by atoms with Crippen molar-refractivity contribution in [3.63, 3.8) is 0 Å². The number of rotatable bonds is 4. The summed E-state index contributed by atoms with van der Waals surface area (Å²) in [4.78, 5) is 11.8. The van der Waals surface area contributed by atoms with E-state index >= 15 is 0 Å². The second-order valence-corrected chi connectivity index (χ2v) is 7.70. The fourth-order valence-electron chi connectivity index (χ4n) is 4.74. The van der Waals surface area contributed by atoms with Crippen molar-refractivity contribution in [2.45, 2.75) is 51.0 Å². The minimum absolute atomic E-state index is 0. The van der Waals surface area contributed by atoms with Crippen LogP contribution in [0.2, 0.25) is 0 Å². The van der Waals surface area contributed by atoms with Gasteiger partial charge in [0.25, 0.3) is 0 Å². The Morgan fingerprint density at radius 1 is 1.22 bits per heavy atom. The molecule has 4 aliphatic carbocycles.